The first-order chi connectivity index (χ1) is 8.61. The zero-order valence-corrected chi connectivity index (χ0v) is 10.8. The third kappa shape index (κ3) is 5.32. The molecule has 1 aromatic rings. The van der Waals surface area contributed by atoms with Crippen molar-refractivity contribution in [2.45, 2.75) is 13.3 Å². The molecule has 1 aromatic carbocycles. The molecule has 0 atom stereocenters. The molecule has 0 aliphatic rings. The van der Waals surface area contributed by atoms with Crippen molar-refractivity contribution in [1.29, 1.82) is 0 Å². The predicted molar refractivity (Wildman–Crippen MR) is 75.0 cm³/mol. The number of carbonyl (C=O) groups is 1. The summed E-state index contributed by atoms with van der Waals surface area (Å²) in [6, 6.07) is 7.26. The van der Waals surface area contributed by atoms with Gasteiger partial charge in [-0.05, 0) is 43.4 Å². The number of rotatable bonds is 3. The van der Waals surface area contributed by atoms with E-state index in [2.05, 4.69) is 17.2 Å². The second-order valence-electron chi connectivity index (χ2n) is 3.35. The molecule has 0 amide bonds. The molecule has 0 heterocycles. The molecule has 18 heavy (non-hydrogen) atoms. The molecule has 0 spiro atoms. The molecule has 0 saturated heterocycles. The molecule has 0 aromatic heterocycles. The fraction of sp³-hybridized carbons (Fsp3) is 0.231. The van der Waals surface area contributed by atoms with E-state index in [1.807, 2.05) is 24.3 Å². The number of hydrogen-bond donors (Lipinski definition) is 2. The van der Waals surface area contributed by atoms with Crippen LogP contribution in [0.2, 0.25) is 0 Å². The van der Waals surface area contributed by atoms with Gasteiger partial charge >= 0.3 is 5.97 Å². The Morgan fingerprint density at radius 2 is 2.11 bits per heavy atom. The van der Waals surface area contributed by atoms with Crippen molar-refractivity contribution in [3.63, 3.8) is 0 Å². The van der Waals surface area contributed by atoms with Gasteiger partial charge < -0.3 is 15.8 Å². The molecule has 0 aliphatic carbocycles. The second kappa shape index (κ2) is 7.30. The van der Waals surface area contributed by atoms with E-state index in [4.69, 9.17) is 22.7 Å². The fourth-order valence-corrected chi connectivity index (χ4v) is 1.33. The third-order valence-corrected chi connectivity index (χ3v) is 2.03. The van der Waals surface area contributed by atoms with Crippen LogP contribution in [0.1, 0.15) is 18.9 Å². The maximum atomic E-state index is 11.0. The monoisotopic (exact) mass is 262 g/mol. The van der Waals surface area contributed by atoms with Crippen LogP contribution in [0.25, 0.3) is 0 Å². The second-order valence-corrected chi connectivity index (χ2v) is 3.79. The van der Waals surface area contributed by atoms with E-state index in [1.165, 1.54) is 0 Å². The fourth-order valence-electron chi connectivity index (χ4n) is 1.21. The highest BCUT2D eigenvalue weighted by Crippen LogP contribution is 2.08. The van der Waals surface area contributed by atoms with Crippen LogP contribution < -0.4 is 11.1 Å². The van der Waals surface area contributed by atoms with Gasteiger partial charge in [-0.25, -0.2) is 0 Å². The normalized spacial score (nSPS) is 8.94. The van der Waals surface area contributed by atoms with Gasteiger partial charge in [0.15, 0.2) is 5.11 Å². The Kier molecular flexibility index (Phi) is 5.68. The molecule has 94 valence electrons. The van der Waals surface area contributed by atoms with Crippen molar-refractivity contribution in [1.82, 2.24) is 0 Å². The lowest BCUT2D eigenvalue weighted by molar-refractivity contribution is -0.141. The Labute approximate surface area is 112 Å². The molecule has 0 saturated carbocycles. The van der Waals surface area contributed by atoms with Gasteiger partial charge in [-0.15, -0.1) is 0 Å². The summed E-state index contributed by atoms with van der Waals surface area (Å²) in [6.45, 7) is 2.14. The molecule has 1 rings (SSSR count). The van der Waals surface area contributed by atoms with Crippen LogP contribution >= 0.6 is 12.2 Å². The number of anilines is 1. The number of hydrogen-bond acceptors (Lipinski definition) is 3. The van der Waals surface area contributed by atoms with Gasteiger partial charge in [-0.2, -0.15) is 0 Å². The topological polar surface area (TPSA) is 64.3 Å². The van der Waals surface area contributed by atoms with Gasteiger partial charge in [0.1, 0.15) is 6.42 Å². The number of thiocarbonyl (C=S) groups is 1. The average molecular weight is 262 g/mol. The van der Waals surface area contributed by atoms with Crippen LogP contribution in [-0.4, -0.2) is 17.7 Å². The van der Waals surface area contributed by atoms with E-state index in [-0.39, 0.29) is 17.5 Å². The SMILES string of the molecule is CCOC(=O)CC#Cc1ccc(NC(N)=S)cc1. The molecule has 0 fully saturated rings. The highest BCUT2D eigenvalue weighted by atomic mass is 32.1. The summed E-state index contributed by atoms with van der Waals surface area (Å²) < 4.78 is 4.76. The largest absolute Gasteiger partial charge is 0.465 e. The summed E-state index contributed by atoms with van der Waals surface area (Å²) in [5.74, 6) is 5.31. The first kappa shape index (κ1) is 14.0. The Bertz CT molecular complexity index is 486. The Morgan fingerprint density at radius 1 is 1.44 bits per heavy atom. The van der Waals surface area contributed by atoms with Crippen LogP contribution in [0, 0.1) is 11.8 Å². The summed E-state index contributed by atoms with van der Waals surface area (Å²) in [4.78, 5) is 11.0. The number of esters is 1. The Hall–Kier alpha value is -2.06. The third-order valence-electron chi connectivity index (χ3n) is 1.92. The molecule has 0 unspecified atom stereocenters. The maximum Gasteiger partial charge on any atom is 0.317 e. The highest BCUT2D eigenvalue weighted by molar-refractivity contribution is 7.80. The van der Waals surface area contributed by atoms with Gasteiger partial charge in [0.05, 0.1) is 6.61 Å². The van der Waals surface area contributed by atoms with Crippen LogP contribution in [0.4, 0.5) is 5.69 Å². The summed E-state index contributed by atoms with van der Waals surface area (Å²) in [5.41, 5.74) is 6.96. The zero-order valence-electron chi connectivity index (χ0n) is 10.0. The van der Waals surface area contributed by atoms with E-state index in [0.29, 0.717) is 6.61 Å². The summed E-state index contributed by atoms with van der Waals surface area (Å²) in [5, 5.41) is 3.03. The summed E-state index contributed by atoms with van der Waals surface area (Å²) in [7, 11) is 0. The van der Waals surface area contributed by atoms with E-state index in [0.717, 1.165) is 11.3 Å². The lowest BCUT2D eigenvalue weighted by Crippen LogP contribution is -2.18. The van der Waals surface area contributed by atoms with Gasteiger partial charge in [0.25, 0.3) is 0 Å². The molecule has 5 heteroatoms. The van der Waals surface area contributed by atoms with Crippen molar-refractivity contribution >= 4 is 29.0 Å². The number of nitrogens with two attached hydrogens (primary N) is 1. The smallest absolute Gasteiger partial charge is 0.317 e. The predicted octanol–water partition coefficient (Wildman–Crippen LogP) is 1.65. The standard InChI is InChI=1S/C13H14N2O2S/c1-2-17-12(16)5-3-4-10-6-8-11(9-7-10)15-13(14)18/h6-9H,2,5H2,1H3,(H3,14,15,18). The van der Waals surface area contributed by atoms with Gasteiger partial charge in [-0.3, -0.25) is 4.79 Å². The molecule has 4 nitrogen and oxygen atoms in total. The highest BCUT2D eigenvalue weighted by Gasteiger charge is 1.96. The molecular weight excluding hydrogens is 248 g/mol. The van der Waals surface area contributed by atoms with E-state index < -0.39 is 0 Å². The van der Waals surface area contributed by atoms with Crippen LogP contribution in [0.5, 0.6) is 0 Å². The minimum Gasteiger partial charge on any atom is -0.465 e. The lowest BCUT2D eigenvalue weighted by Gasteiger charge is -2.02. The van der Waals surface area contributed by atoms with Crippen molar-refractivity contribution in [3.05, 3.63) is 29.8 Å². The molecular formula is C13H14N2O2S. The van der Waals surface area contributed by atoms with Crippen molar-refractivity contribution in [3.8, 4) is 11.8 Å². The van der Waals surface area contributed by atoms with Crippen LogP contribution in [0.15, 0.2) is 24.3 Å². The molecule has 0 radical (unpaired) electrons. The van der Waals surface area contributed by atoms with E-state index in [1.54, 1.807) is 6.92 Å². The number of ether oxygens (including phenoxy) is 1. The van der Waals surface area contributed by atoms with E-state index in [9.17, 15) is 4.79 Å². The van der Waals surface area contributed by atoms with Crippen molar-refractivity contribution in [2.24, 2.45) is 5.73 Å². The minimum absolute atomic E-state index is 0.0979. The average Bonchev–Trinajstić information content (AvgIpc) is 2.31. The minimum atomic E-state index is -0.309. The summed E-state index contributed by atoms with van der Waals surface area (Å²) in [6.07, 6.45) is 0.0979. The van der Waals surface area contributed by atoms with Gasteiger partial charge in [0, 0.05) is 11.3 Å². The van der Waals surface area contributed by atoms with Gasteiger partial charge in [0.2, 0.25) is 0 Å². The Balaban J connectivity index is 2.56. The molecule has 3 N–H and O–H groups in total. The number of nitrogens with one attached hydrogen (secondary N) is 1. The maximum absolute atomic E-state index is 11.0. The van der Waals surface area contributed by atoms with E-state index >= 15 is 0 Å². The van der Waals surface area contributed by atoms with Crippen LogP contribution in [0.3, 0.4) is 0 Å². The molecule has 0 aliphatic heterocycles. The van der Waals surface area contributed by atoms with Crippen LogP contribution in [-0.2, 0) is 9.53 Å². The number of carbonyl (C=O) groups excluding carboxylic acids is 1. The molecule has 0 bridgehead atoms. The van der Waals surface area contributed by atoms with Crippen molar-refractivity contribution in [2.75, 3.05) is 11.9 Å². The summed E-state index contributed by atoms with van der Waals surface area (Å²) >= 11 is 4.72. The first-order valence-electron chi connectivity index (χ1n) is 5.43. The quantitative estimate of drug-likeness (QED) is 0.492. The zero-order chi connectivity index (χ0) is 13.4. The lowest BCUT2D eigenvalue weighted by atomic mass is 10.2. The first-order valence-corrected chi connectivity index (χ1v) is 5.83. The van der Waals surface area contributed by atoms with Crippen molar-refractivity contribution < 1.29 is 9.53 Å². The van der Waals surface area contributed by atoms with Gasteiger partial charge in [-0.1, -0.05) is 11.8 Å². The Morgan fingerprint density at radius 3 is 2.67 bits per heavy atom. The number of benzene rings is 1.